The summed E-state index contributed by atoms with van der Waals surface area (Å²) >= 11 is 0. The molecule has 0 radical (unpaired) electrons. The molecule has 0 aliphatic carbocycles. The van der Waals surface area contributed by atoms with Crippen molar-refractivity contribution < 1.29 is 0 Å². The number of aromatic amines is 2. The van der Waals surface area contributed by atoms with Crippen LogP contribution in [0.15, 0.2) is 34.4 Å². The molecule has 2 heterocycles. The summed E-state index contributed by atoms with van der Waals surface area (Å²) in [6.45, 7) is 0. The highest BCUT2D eigenvalue weighted by atomic mass is 16.2. The van der Waals surface area contributed by atoms with E-state index < -0.39 is 11.0 Å². The zero-order valence-corrected chi connectivity index (χ0v) is 8.43. The van der Waals surface area contributed by atoms with Gasteiger partial charge >= 0.3 is 5.56 Å². The van der Waals surface area contributed by atoms with Crippen LogP contribution >= 0.6 is 0 Å². The number of rotatable bonds is 3. The molecule has 82 valence electrons. The minimum atomic E-state index is -0.633. The standard InChI is InChI=1S/C10H10N4O2/c15-9-3-8(13-14-10(9)16)2-1-7-4-11-6-12-5-7/h3-6H,1-2H2,(H,13,15)(H,14,16). The van der Waals surface area contributed by atoms with Crippen LogP contribution in [0.25, 0.3) is 0 Å². The zero-order chi connectivity index (χ0) is 11.4. The molecule has 0 amide bonds. The van der Waals surface area contributed by atoms with Crippen LogP contribution in [0.3, 0.4) is 0 Å². The molecular weight excluding hydrogens is 208 g/mol. The number of aryl methyl sites for hydroxylation is 2. The Balaban J connectivity index is 2.08. The van der Waals surface area contributed by atoms with E-state index in [1.54, 1.807) is 12.4 Å². The summed E-state index contributed by atoms with van der Waals surface area (Å²) in [5.41, 5.74) is 0.507. The third-order valence-electron chi connectivity index (χ3n) is 2.16. The van der Waals surface area contributed by atoms with Gasteiger partial charge in [0.25, 0.3) is 0 Å². The molecule has 0 bridgehead atoms. The zero-order valence-electron chi connectivity index (χ0n) is 8.43. The van der Waals surface area contributed by atoms with Gasteiger partial charge in [-0.05, 0) is 18.4 Å². The van der Waals surface area contributed by atoms with Crippen LogP contribution in [0, 0.1) is 0 Å². The molecular formula is C10H10N4O2. The lowest BCUT2D eigenvalue weighted by Crippen LogP contribution is -2.27. The first-order valence-corrected chi connectivity index (χ1v) is 4.80. The van der Waals surface area contributed by atoms with E-state index in [0.29, 0.717) is 18.5 Å². The van der Waals surface area contributed by atoms with Gasteiger partial charge in [0, 0.05) is 24.2 Å². The Morgan fingerprint density at radius 3 is 2.50 bits per heavy atom. The molecule has 0 aliphatic heterocycles. The fourth-order valence-corrected chi connectivity index (χ4v) is 1.33. The van der Waals surface area contributed by atoms with Crippen LogP contribution in [0.1, 0.15) is 11.3 Å². The average molecular weight is 218 g/mol. The first-order valence-electron chi connectivity index (χ1n) is 4.80. The minimum absolute atomic E-state index is 0.530. The molecule has 16 heavy (non-hydrogen) atoms. The molecule has 2 rings (SSSR count). The van der Waals surface area contributed by atoms with Crippen LogP contribution in [0.2, 0.25) is 0 Å². The number of nitrogens with one attached hydrogen (secondary N) is 2. The van der Waals surface area contributed by atoms with E-state index in [0.717, 1.165) is 5.56 Å². The van der Waals surface area contributed by atoms with Crippen LogP contribution in [-0.2, 0) is 12.8 Å². The number of hydrogen-bond donors (Lipinski definition) is 2. The number of nitrogens with zero attached hydrogens (tertiary/aromatic N) is 2. The van der Waals surface area contributed by atoms with Crippen molar-refractivity contribution in [1.82, 2.24) is 20.2 Å². The maximum absolute atomic E-state index is 11.1. The molecule has 0 aromatic carbocycles. The third-order valence-corrected chi connectivity index (χ3v) is 2.16. The highest BCUT2D eigenvalue weighted by molar-refractivity contribution is 5.07. The van der Waals surface area contributed by atoms with E-state index in [1.807, 2.05) is 0 Å². The average Bonchev–Trinajstić information content (AvgIpc) is 2.32. The van der Waals surface area contributed by atoms with Crippen LogP contribution < -0.4 is 11.0 Å². The summed E-state index contributed by atoms with van der Waals surface area (Å²) < 4.78 is 0. The summed E-state index contributed by atoms with van der Waals surface area (Å²) in [5.74, 6) is 0. The normalized spacial score (nSPS) is 10.2. The predicted octanol–water partition coefficient (Wildman–Crippen LogP) is -0.362. The van der Waals surface area contributed by atoms with Crippen LogP contribution in [-0.4, -0.2) is 20.2 Å². The number of hydrogen-bond acceptors (Lipinski definition) is 4. The fraction of sp³-hybridized carbons (Fsp3) is 0.200. The molecule has 0 saturated heterocycles. The summed E-state index contributed by atoms with van der Waals surface area (Å²) in [6.07, 6.45) is 6.24. The number of aromatic nitrogens is 4. The third kappa shape index (κ3) is 2.41. The van der Waals surface area contributed by atoms with E-state index in [-0.39, 0.29) is 0 Å². The summed E-state index contributed by atoms with van der Waals surface area (Å²) in [6, 6.07) is 1.31. The van der Waals surface area contributed by atoms with Gasteiger partial charge in [-0.1, -0.05) is 0 Å². The van der Waals surface area contributed by atoms with Gasteiger partial charge in [-0.2, -0.15) is 0 Å². The summed E-state index contributed by atoms with van der Waals surface area (Å²) in [5, 5.41) is 4.95. The summed E-state index contributed by atoms with van der Waals surface area (Å²) in [7, 11) is 0. The second kappa shape index (κ2) is 4.52. The number of H-pyrrole nitrogens is 2. The second-order valence-electron chi connectivity index (χ2n) is 3.36. The van der Waals surface area contributed by atoms with E-state index in [2.05, 4.69) is 20.2 Å². The molecule has 0 unspecified atom stereocenters. The van der Waals surface area contributed by atoms with E-state index >= 15 is 0 Å². The molecule has 0 aliphatic rings. The Morgan fingerprint density at radius 2 is 1.81 bits per heavy atom. The Kier molecular flexibility index (Phi) is 2.90. The molecule has 0 atom stereocenters. The summed E-state index contributed by atoms with van der Waals surface area (Å²) in [4.78, 5) is 29.7. The molecule has 2 N–H and O–H groups in total. The van der Waals surface area contributed by atoms with E-state index in [4.69, 9.17) is 0 Å². The topological polar surface area (TPSA) is 91.5 Å². The minimum Gasteiger partial charge on any atom is -0.302 e. The predicted molar refractivity (Wildman–Crippen MR) is 57.1 cm³/mol. The highest BCUT2D eigenvalue weighted by Crippen LogP contribution is 1.99. The van der Waals surface area contributed by atoms with Crippen LogP contribution in [0.4, 0.5) is 0 Å². The largest absolute Gasteiger partial charge is 0.310 e. The Morgan fingerprint density at radius 1 is 1.06 bits per heavy atom. The SMILES string of the molecule is O=c1cc(CCc2cncnc2)[nH][nH]c1=O. The lowest BCUT2D eigenvalue weighted by molar-refractivity contribution is 0.832. The van der Waals surface area contributed by atoms with Gasteiger partial charge in [-0.25, -0.2) is 9.97 Å². The van der Waals surface area contributed by atoms with Gasteiger partial charge in [0.05, 0.1) is 0 Å². The van der Waals surface area contributed by atoms with Crippen molar-refractivity contribution in [2.24, 2.45) is 0 Å². The maximum Gasteiger partial charge on any atom is 0.310 e. The van der Waals surface area contributed by atoms with Crippen molar-refractivity contribution in [2.75, 3.05) is 0 Å². The lowest BCUT2D eigenvalue weighted by atomic mass is 10.1. The van der Waals surface area contributed by atoms with Crippen molar-refractivity contribution in [2.45, 2.75) is 12.8 Å². The van der Waals surface area contributed by atoms with Crippen LogP contribution in [0.5, 0.6) is 0 Å². The van der Waals surface area contributed by atoms with Gasteiger partial charge in [-0.15, -0.1) is 0 Å². The molecule has 2 aromatic heterocycles. The van der Waals surface area contributed by atoms with E-state index in [1.165, 1.54) is 12.4 Å². The van der Waals surface area contributed by atoms with Gasteiger partial charge in [-0.3, -0.25) is 14.7 Å². The Bertz CT molecular complexity index is 573. The monoisotopic (exact) mass is 218 g/mol. The van der Waals surface area contributed by atoms with Crippen molar-refractivity contribution in [1.29, 1.82) is 0 Å². The van der Waals surface area contributed by atoms with Gasteiger partial charge in [0.15, 0.2) is 0 Å². The van der Waals surface area contributed by atoms with Crippen molar-refractivity contribution in [3.8, 4) is 0 Å². The molecule has 2 aromatic rings. The first kappa shape index (κ1) is 10.3. The molecule has 6 nitrogen and oxygen atoms in total. The van der Waals surface area contributed by atoms with Crippen molar-refractivity contribution in [3.63, 3.8) is 0 Å². The Hall–Kier alpha value is -2.24. The van der Waals surface area contributed by atoms with Crippen molar-refractivity contribution >= 4 is 0 Å². The van der Waals surface area contributed by atoms with Gasteiger partial charge < -0.3 is 5.10 Å². The molecule has 0 saturated carbocycles. The lowest BCUT2D eigenvalue weighted by Gasteiger charge is -2.00. The first-order chi connectivity index (χ1) is 7.75. The second-order valence-corrected chi connectivity index (χ2v) is 3.36. The fourth-order valence-electron chi connectivity index (χ4n) is 1.33. The smallest absolute Gasteiger partial charge is 0.302 e. The van der Waals surface area contributed by atoms with Crippen molar-refractivity contribution in [3.05, 3.63) is 56.6 Å². The molecule has 0 spiro atoms. The van der Waals surface area contributed by atoms with Gasteiger partial charge in [0.2, 0.25) is 5.43 Å². The van der Waals surface area contributed by atoms with E-state index in [9.17, 15) is 9.59 Å². The highest BCUT2D eigenvalue weighted by Gasteiger charge is 1.99. The maximum atomic E-state index is 11.1. The quantitative estimate of drug-likeness (QED) is 0.688. The Labute approximate surface area is 90.4 Å². The molecule has 6 heteroatoms. The van der Waals surface area contributed by atoms with Gasteiger partial charge in [0.1, 0.15) is 6.33 Å². The molecule has 0 fully saturated rings.